The van der Waals surface area contributed by atoms with Gasteiger partial charge < -0.3 is 15.9 Å². The van der Waals surface area contributed by atoms with Crippen molar-refractivity contribution in [1.29, 1.82) is 0 Å². The van der Waals surface area contributed by atoms with E-state index in [1.165, 1.54) is 18.2 Å². The van der Waals surface area contributed by atoms with Crippen LogP contribution < -0.4 is 5.73 Å². The third kappa shape index (κ3) is 2.53. The number of nitrogens with two attached hydrogens (primary N) is 1. The molecule has 0 spiro atoms. The minimum atomic E-state index is -1.51. The molecule has 0 radical (unpaired) electrons. The van der Waals surface area contributed by atoms with Gasteiger partial charge in [0.2, 0.25) is 0 Å². The number of nitrogens with zero attached hydrogens (tertiary/aromatic N) is 1. The third-order valence-electron chi connectivity index (χ3n) is 2.05. The maximum Gasteiger partial charge on any atom is 0.323 e. The molecule has 7 heteroatoms. The smallest absolute Gasteiger partial charge is 0.323 e. The van der Waals surface area contributed by atoms with E-state index in [0.717, 1.165) is 6.07 Å². The highest BCUT2D eigenvalue weighted by Crippen LogP contribution is 2.20. The molecule has 0 saturated carbocycles. The van der Waals surface area contributed by atoms with Gasteiger partial charge in [-0.25, -0.2) is 0 Å². The number of aliphatic hydroxyl groups excluding tert-OH is 1. The Labute approximate surface area is 90.3 Å². The van der Waals surface area contributed by atoms with Gasteiger partial charge in [0.1, 0.15) is 12.1 Å². The summed E-state index contributed by atoms with van der Waals surface area (Å²) in [5.41, 5.74) is 5.07. The number of nitro groups is 1. The molecule has 1 rings (SSSR count). The molecule has 2 atom stereocenters. The van der Waals surface area contributed by atoms with Gasteiger partial charge in [0.25, 0.3) is 5.69 Å². The predicted octanol–water partition coefficient (Wildman–Crippen LogP) is 0.0401. The second-order valence-corrected chi connectivity index (χ2v) is 3.16. The SMILES string of the molecule is N[C@@H](C(=O)O)[C@@H](O)c1cccc([N+](=O)[O-])c1. The molecule has 16 heavy (non-hydrogen) atoms. The monoisotopic (exact) mass is 226 g/mol. The van der Waals surface area contributed by atoms with Crippen molar-refractivity contribution in [3.8, 4) is 0 Å². The average molecular weight is 226 g/mol. The highest BCUT2D eigenvalue weighted by Gasteiger charge is 2.24. The fourth-order valence-electron chi connectivity index (χ4n) is 1.16. The van der Waals surface area contributed by atoms with E-state index >= 15 is 0 Å². The summed E-state index contributed by atoms with van der Waals surface area (Å²) in [7, 11) is 0. The van der Waals surface area contributed by atoms with Crippen LogP contribution in [0.2, 0.25) is 0 Å². The number of carboxylic acids is 1. The van der Waals surface area contributed by atoms with Gasteiger partial charge in [-0.2, -0.15) is 0 Å². The van der Waals surface area contributed by atoms with E-state index < -0.39 is 23.0 Å². The zero-order valence-electron chi connectivity index (χ0n) is 8.11. The molecule has 0 fully saturated rings. The van der Waals surface area contributed by atoms with Crippen LogP contribution in [0.25, 0.3) is 0 Å². The van der Waals surface area contributed by atoms with Crippen LogP contribution in [0.4, 0.5) is 5.69 Å². The summed E-state index contributed by atoms with van der Waals surface area (Å²) < 4.78 is 0. The number of aliphatic carboxylic acids is 1. The summed E-state index contributed by atoms with van der Waals surface area (Å²) in [5.74, 6) is -1.38. The molecular weight excluding hydrogens is 216 g/mol. The second-order valence-electron chi connectivity index (χ2n) is 3.16. The van der Waals surface area contributed by atoms with Crippen LogP contribution in [0.15, 0.2) is 24.3 Å². The lowest BCUT2D eigenvalue weighted by molar-refractivity contribution is -0.385. The fraction of sp³-hybridized carbons (Fsp3) is 0.222. The predicted molar refractivity (Wildman–Crippen MR) is 53.7 cm³/mol. The Morgan fingerprint density at radius 1 is 1.50 bits per heavy atom. The Balaban J connectivity index is 3.00. The van der Waals surface area contributed by atoms with Gasteiger partial charge >= 0.3 is 5.97 Å². The molecule has 0 aliphatic heterocycles. The van der Waals surface area contributed by atoms with Crippen molar-refractivity contribution in [3.63, 3.8) is 0 Å². The van der Waals surface area contributed by atoms with Crippen molar-refractivity contribution in [2.45, 2.75) is 12.1 Å². The molecule has 1 aromatic rings. The summed E-state index contributed by atoms with van der Waals surface area (Å²) in [4.78, 5) is 20.3. The fourth-order valence-corrected chi connectivity index (χ4v) is 1.16. The molecule has 0 aliphatic carbocycles. The lowest BCUT2D eigenvalue weighted by atomic mass is 10.0. The maximum absolute atomic E-state index is 10.5. The zero-order valence-corrected chi connectivity index (χ0v) is 8.11. The number of carbonyl (C=O) groups is 1. The largest absolute Gasteiger partial charge is 0.480 e. The number of non-ortho nitro benzene ring substituents is 1. The molecule has 86 valence electrons. The summed E-state index contributed by atoms with van der Waals surface area (Å²) in [6.07, 6.45) is -1.47. The highest BCUT2D eigenvalue weighted by molar-refractivity contribution is 5.74. The Bertz CT molecular complexity index is 420. The first-order valence-electron chi connectivity index (χ1n) is 4.34. The lowest BCUT2D eigenvalue weighted by Crippen LogP contribution is -2.36. The van der Waals surface area contributed by atoms with E-state index in [-0.39, 0.29) is 11.3 Å². The van der Waals surface area contributed by atoms with Crippen LogP contribution in [0.1, 0.15) is 11.7 Å². The molecular formula is C9H10N2O5. The minimum absolute atomic E-state index is 0.101. The van der Waals surface area contributed by atoms with E-state index in [9.17, 15) is 20.0 Å². The number of carboxylic acid groups (broad SMARTS) is 1. The van der Waals surface area contributed by atoms with E-state index in [1.54, 1.807) is 0 Å². The van der Waals surface area contributed by atoms with Crippen LogP contribution >= 0.6 is 0 Å². The van der Waals surface area contributed by atoms with Gasteiger partial charge in [-0.1, -0.05) is 12.1 Å². The molecule has 0 aromatic heterocycles. The van der Waals surface area contributed by atoms with Gasteiger partial charge in [-0.3, -0.25) is 14.9 Å². The number of aliphatic hydroxyl groups is 1. The van der Waals surface area contributed by atoms with Gasteiger partial charge in [0.05, 0.1) is 4.92 Å². The van der Waals surface area contributed by atoms with Crippen molar-refractivity contribution in [1.82, 2.24) is 0 Å². The Kier molecular flexibility index (Phi) is 3.54. The number of hydrogen-bond acceptors (Lipinski definition) is 5. The Morgan fingerprint density at radius 3 is 2.62 bits per heavy atom. The number of benzene rings is 1. The van der Waals surface area contributed by atoms with E-state index in [1.807, 2.05) is 0 Å². The van der Waals surface area contributed by atoms with Gasteiger partial charge in [-0.15, -0.1) is 0 Å². The summed E-state index contributed by atoms with van der Waals surface area (Å²) in [6.45, 7) is 0. The molecule has 0 bridgehead atoms. The molecule has 0 aliphatic rings. The van der Waals surface area contributed by atoms with Crippen LogP contribution in [-0.4, -0.2) is 27.1 Å². The van der Waals surface area contributed by atoms with Crippen molar-refractivity contribution < 1.29 is 19.9 Å². The molecule has 0 saturated heterocycles. The Hall–Kier alpha value is -1.99. The van der Waals surface area contributed by atoms with Gasteiger partial charge in [-0.05, 0) is 5.56 Å². The normalized spacial score (nSPS) is 14.1. The number of nitro benzene ring substituents is 1. The van der Waals surface area contributed by atoms with Crippen LogP contribution in [0.3, 0.4) is 0 Å². The van der Waals surface area contributed by atoms with Crippen LogP contribution in [0, 0.1) is 10.1 Å². The van der Waals surface area contributed by atoms with Gasteiger partial charge in [0.15, 0.2) is 0 Å². The topological polar surface area (TPSA) is 127 Å². The molecule has 1 aromatic carbocycles. The average Bonchev–Trinajstić information content (AvgIpc) is 2.27. The van der Waals surface area contributed by atoms with Crippen molar-refractivity contribution in [2.24, 2.45) is 5.73 Å². The third-order valence-corrected chi connectivity index (χ3v) is 2.05. The first kappa shape index (κ1) is 12.1. The molecule has 0 unspecified atom stereocenters. The van der Waals surface area contributed by atoms with Crippen molar-refractivity contribution in [2.75, 3.05) is 0 Å². The molecule has 4 N–H and O–H groups in total. The van der Waals surface area contributed by atoms with Crippen molar-refractivity contribution >= 4 is 11.7 Å². The van der Waals surface area contributed by atoms with E-state index in [4.69, 9.17) is 10.8 Å². The number of rotatable bonds is 4. The summed E-state index contributed by atoms with van der Waals surface area (Å²) in [5, 5.41) is 28.6. The van der Waals surface area contributed by atoms with Gasteiger partial charge in [0, 0.05) is 12.1 Å². The summed E-state index contributed by atoms with van der Waals surface area (Å²) >= 11 is 0. The van der Waals surface area contributed by atoms with Crippen LogP contribution in [-0.2, 0) is 4.79 Å². The minimum Gasteiger partial charge on any atom is -0.480 e. The molecule has 0 heterocycles. The summed E-state index contributed by atoms with van der Waals surface area (Å²) in [6, 6.07) is 3.55. The van der Waals surface area contributed by atoms with Crippen molar-refractivity contribution in [3.05, 3.63) is 39.9 Å². The number of hydrogen-bond donors (Lipinski definition) is 3. The van der Waals surface area contributed by atoms with E-state index in [0.29, 0.717) is 0 Å². The standard InChI is InChI=1S/C9H10N2O5/c10-7(9(13)14)8(12)5-2-1-3-6(4-5)11(15)16/h1-4,7-8,12H,10H2,(H,13,14)/t7-,8+/m1/s1. The lowest BCUT2D eigenvalue weighted by Gasteiger charge is -2.14. The maximum atomic E-state index is 10.5. The highest BCUT2D eigenvalue weighted by atomic mass is 16.6. The second kappa shape index (κ2) is 4.69. The van der Waals surface area contributed by atoms with E-state index in [2.05, 4.69) is 0 Å². The molecule has 0 amide bonds. The van der Waals surface area contributed by atoms with Crippen LogP contribution in [0.5, 0.6) is 0 Å². The zero-order chi connectivity index (χ0) is 12.3. The Morgan fingerprint density at radius 2 is 2.12 bits per heavy atom. The quantitative estimate of drug-likeness (QED) is 0.491. The first-order chi connectivity index (χ1) is 7.43. The first-order valence-corrected chi connectivity index (χ1v) is 4.34. The molecule has 7 nitrogen and oxygen atoms in total.